The van der Waals surface area contributed by atoms with Crippen LogP contribution in [0.25, 0.3) is 0 Å². The Morgan fingerprint density at radius 1 is 1.31 bits per heavy atom. The molecule has 0 bridgehead atoms. The Morgan fingerprint density at radius 3 is 3.00 bits per heavy atom. The number of likely N-dealkylation sites (N-methyl/N-ethyl adjacent to an activating group) is 1. The second-order valence-corrected chi connectivity index (χ2v) is 4.79. The zero-order chi connectivity index (χ0) is 11.4. The highest BCUT2D eigenvalue weighted by Crippen LogP contribution is 2.12. The number of carbonyl (C=O) groups excluding carboxylic acids is 1. The Labute approximate surface area is 97.1 Å². The molecule has 0 radical (unpaired) electrons. The highest BCUT2D eigenvalue weighted by atomic mass is 16.2. The number of aliphatic imine (C=N–C) groups is 1. The quantitative estimate of drug-likeness (QED) is 0.725. The Morgan fingerprint density at radius 2 is 2.19 bits per heavy atom. The van der Waals surface area contributed by atoms with E-state index < -0.39 is 0 Å². The number of nitrogens with one attached hydrogen (secondary N) is 1. The van der Waals surface area contributed by atoms with Crippen molar-refractivity contribution in [3.05, 3.63) is 0 Å². The molecule has 2 rings (SSSR count). The van der Waals surface area contributed by atoms with E-state index in [1.807, 2.05) is 11.9 Å². The van der Waals surface area contributed by atoms with Gasteiger partial charge in [-0.2, -0.15) is 0 Å². The van der Waals surface area contributed by atoms with E-state index in [4.69, 9.17) is 0 Å². The summed E-state index contributed by atoms with van der Waals surface area (Å²) < 4.78 is 0. The number of amidine groups is 1. The average Bonchev–Trinajstić information content (AvgIpc) is 2.52. The molecule has 1 saturated heterocycles. The summed E-state index contributed by atoms with van der Waals surface area (Å²) in [5, 5.41) is 3.50. The van der Waals surface area contributed by atoms with Gasteiger partial charge in [-0.25, -0.2) is 0 Å². The van der Waals surface area contributed by atoms with Crippen molar-refractivity contribution in [3.8, 4) is 0 Å². The van der Waals surface area contributed by atoms with Gasteiger partial charge in [-0.15, -0.1) is 0 Å². The maximum atomic E-state index is 11.4. The Hall–Kier alpha value is -1.06. The SMILES string of the molecule is CN1CC(NC2=NCCCCC2)CCC1=O. The molecular weight excluding hydrogens is 202 g/mol. The van der Waals surface area contributed by atoms with Gasteiger partial charge in [0.05, 0.1) is 5.84 Å². The molecule has 1 fully saturated rings. The van der Waals surface area contributed by atoms with Crippen LogP contribution in [0.15, 0.2) is 4.99 Å². The van der Waals surface area contributed by atoms with Gasteiger partial charge in [0.25, 0.3) is 0 Å². The fourth-order valence-electron chi connectivity index (χ4n) is 2.36. The van der Waals surface area contributed by atoms with E-state index in [9.17, 15) is 4.79 Å². The summed E-state index contributed by atoms with van der Waals surface area (Å²) in [7, 11) is 1.88. The van der Waals surface area contributed by atoms with Crippen molar-refractivity contribution in [1.82, 2.24) is 10.2 Å². The minimum Gasteiger partial charge on any atom is -0.369 e. The first-order chi connectivity index (χ1) is 7.75. The Balaban J connectivity index is 1.84. The fourth-order valence-corrected chi connectivity index (χ4v) is 2.36. The molecule has 4 heteroatoms. The summed E-state index contributed by atoms with van der Waals surface area (Å²) in [6.07, 6.45) is 6.44. The lowest BCUT2D eigenvalue weighted by atomic mass is 10.1. The fraction of sp³-hybridized carbons (Fsp3) is 0.833. The van der Waals surface area contributed by atoms with Gasteiger partial charge < -0.3 is 10.2 Å². The first-order valence-electron chi connectivity index (χ1n) is 6.29. The van der Waals surface area contributed by atoms with Crippen LogP contribution in [-0.4, -0.2) is 42.8 Å². The van der Waals surface area contributed by atoms with Gasteiger partial charge in [-0.05, 0) is 19.3 Å². The van der Waals surface area contributed by atoms with Crippen molar-refractivity contribution in [3.63, 3.8) is 0 Å². The highest BCUT2D eigenvalue weighted by molar-refractivity contribution is 5.83. The van der Waals surface area contributed by atoms with Crippen LogP contribution in [0, 0.1) is 0 Å². The lowest BCUT2D eigenvalue weighted by molar-refractivity contribution is -0.132. The van der Waals surface area contributed by atoms with Gasteiger partial charge in [-0.3, -0.25) is 9.79 Å². The van der Waals surface area contributed by atoms with Crippen LogP contribution < -0.4 is 5.32 Å². The van der Waals surface area contributed by atoms with Crippen molar-refractivity contribution >= 4 is 11.7 Å². The zero-order valence-corrected chi connectivity index (χ0v) is 10.0. The second kappa shape index (κ2) is 5.32. The van der Waals surface area contributed by atoms with Crippen molar-refractivity contribution in [2.24, 2.45) is 4.99 Å². The van der Waals surface area contributed by atoms with Crippen LogP contribution in [-0.2, 0) is 4.79 Å². The molecule has 0 aliphatic carbocycles. The summed E-state index contributed by atoms with van der Waals surface area (Å²) >= 11 is 0. The predicted octanol–water partition coefficient (Wildman–Crippen LogP) is 1.17. The number of nitrogens with zero attached hydrogens (tertiary/aromatic N) is 2. The zero-order valence-electron chi connectivity index (χ0n) is 10.0. The topological polar surface area (TPSA) is 44.7 Å². The van der Waals surface area contributed by atoms with E-state index in [2.05, 4.69) is 10.3 Å². The van der Waals surface area contributed by atoms with Crippen LogP contribution in [0.1, 0.15) is 38.5 Å². The van der Waals surface area contributed by atoms with E-state index in [0.717, 1.165) is 31.8 Å². The molecule has 1 atom stereocenters. The van der Waals surface area contributed by atoms with Gasteiger partial charge in [0.2, 0.25) is 5.91 Å². The molecule has 16 heavy (non-hydrogen) atoms. The van der Waals surface area contributed by atoms with Gasteiger partial charge >= 0.3 is 0 Å². The summed E-state index contributed by atoms with van der Waals surface area (Å²) in [6, 6.07) is 0.402. The van der Waals surface area contributed by atoms with E-state index >= 15 is 0 Å². The largest absolute Gasteiger partial charge is 0.369 e. The van der Waals surface area contributed by atoms with Gasteiger partial charge in [0.1, 0.15) is 0 Å². The first-order valence-corrected chi connectivity index (χ1v) is 6.29. The standard InChI is InChI=1S/C12H21N3O/c1-15-9-10(6-7-12(15)16)14-11-5-3-2-4-8-13-11/h10H,2-9H2,1H3,(H,13,14). The molecule has 0 aromatic heterocycles. The highest BCUT2D eigenvalue weighted by Gasteiger charge is 2.23. The monoisotopic (exact) mass is 223 g/mol. The maximum Gasteiger partial charge on any atom is 0.222 e. The van der Waals surface area contributed by atoms with Crippen molar-refractivity contribution in [2.75, 3.05) is 20.1 Å². The van der Waals surface area contributed by atoms with Crippen LogP contribution in [0.2, 0.25) is 0 Å². The molecule has 2 heterocycles. The molecule has 0 aromatic rings. The summed E-state index contributed by atoms with van der Waals surface area (Å²) in [4.78, 5) is 17.7. The number of rotatable bonds is 1. The van der Waals surface area contributed by atoms with Crippen LogP contribution in [0.3, 0.4) is 0 Å². The maximum absolute atomic E-state index is 11.4. The van der Waals surface area contributed by atoms with Gasteiger partial charge in [-0.1, -0.05) is 6.42 Å². The van der Waals surface area contributed by atoms with Crippen LogP contribution in [0.5, 0.6) is 0 Å². The minimum atomic E-state index is 0.265. The summed E-state index contributed by atoms with van der Waals surface area (Å²) in [6.45, 7) is 1.78. The van der Waals surface area contributed by atoms with Crippen LogP contribution >= 0.6 is 0 Å². The molecule has 90 valence electrons. The Bertz CT molecular complexity index is 288. The summed E-state index contributed by atoms with van der Waals surface area (Å²) in [5.41, 5.74) is 0. The molecule has 0 saturated carbocycles. The third-order valence-electron chi connectivity index (χ3n) is 3.37. The van der Waals surface area contributed by atoms with E-state index in [0.29, 0.717) is 12.5 Å². The van der Waals surface area contributed by atoms with E-state index in [1.165, 1.54) is 19.3 Å². The smallest absolute Gasteiger partial charge is 0.222 e. The number of hydrogen-bond acceptors (Lipinski definition) is 3. The molecular formula is C12H21N3O. The summed E-state index contributed by atoms with van der Waals surface area (Å²) in [5.74, 6) is 1.42. The number of amides is 1. The molecule has 0 aromatic carbocycles. The second-order valence-electron chi connectivity index (χ2n) is 4.79. The van der Waals surface area contributed by atoms with E-state index in [1.54, 1.807) is 0 Å². The third kappa shape index (κ3) is 2.97. The van der Waals surface area contributed by atoms with Crippen molar-refractivity contribution in [2.45, 2.75) is 44.6 Å². The lowest BCUT2D eigenvalue weighted by Crippen LogP contribution is -2.48. The average molecular weight is 223 g/mol. The van der Waals surface area contributed by atoms with Crippen molar-refractivity contribution in [1.29, 1.82) is 0 Å². The Kier molecular flexibility index (Phi) is 3.80. The third-order valence-corrected chi connectivity index (χ3v) is 3.37. The normalized spacial score (nSPS) is 27.3. The van der Waals surface area contributed by atoms with Gasteiger partial charge in [0.15, 0.2) is 0 Å². The van der Waals surface area contributed by atoms with Crippen LogP contribution in [0.4, 0.5) is 0 Å². The molecule has 2 aliphatic heterocycles. The number of likely N-dealkylation sites (tertiary alicyclic amines) is 1. The number of hydrogen-bond donors (Lipinski definition) is 1. The molecule has 1 amide bonds. The molecule has 2 aliphatic rings. The van der Waals surface area contributed by atoms with Gasteiger partial charge in [0, 0.05) is 39.0 Å². The predicted molar refractivity (Wildman–Crippen MR) is 64.6 cm³/mol. The molecule has 1 unspecified atom stereocenters. The molecule has 4 nitrogen and oxygen atoms in total. The number of piperidine rings is 1. The minimum absolute atomic E-state index is 0.265. The van der Waals surface area contributed by atoms with E-state index in [-0.39, 0.29) is 5.91 Å². The van der Waals surface area contributed by atoms with Crippen molar-refractivity contribution < 1.29 is 4.79 Å². The number of carbonyl (C=O) groups is 1. The molecule has 0 spiro atoms. The molecule has 1 N–H and O–H groups in total. The first kappa shape index (κ1) is 11.4. The lowest BCUT2D eigenvalue weighted by Gasteiger charge is -2.31.